The van der Waals surface area contributed by atoms with Crippen molar-refractivity contribution in [2.75, 3.05) is 20.8 Å². The highest BCUT2D eigenvalue weighted by Crippen LogP contribution is 2.24. The van der Waals surface area contributed by atoms with Crippen molar-refractivity contribution in [1.82, 2.24) is 5.32 Å². The van der Waals surface area contributed by atoms with Crippen LogP contribution in [0.5, 0.6) is 11.5 Å². The molecule has 1 aromatic carbocycles. The van der Waals surface area contributed by atoms with E-state index in [1.165, 1.54) is 7.11 Å². The molecule has 94 valence electrons. The van der Waals surface area contributed by atoms with E-state index < -0.39 is 0 Å². The fourth-order valence-electron chi connectivity index (χ4n) is 1.34. The maximum Gasteiger partial charge on any atom is 0.255 e. The Labute approximate surface area is 101 Å². The summed E-state index contributed by atoms with van der Waals surface area (Å²) in [5.74, 6) is 0.916. The first-order chi connectivity index (χ1) is 8.08. The lowest BCUT2D eigenvalue weighted by molar-refractivity contribution is 0.0948. The number of amides is 1. The molecule has 0 radical (unpaired) electrons. The van der Waals surface area contributed by atoms with Gasteiger partial charge in [0, 0.05) is 18.7 Å². The van der Waals surface area contributed by atoms with Crippen LogP contribution in [-0.4, -0.2) is 32.7 Å². The SMILES string of the molecule is COc1ccc(C(=O)NCC(C)N)c(OC)c1. The van der Waals surface area contributed by atoms with E-state index in [-0.39, 0.29) is 11.9 Å². The summed E-state index contributed by atoms with van der Waals surface area (Å²) in [6.45, 7) is 2.25. The van der Waals surface area contributed by atoms with Crippen LogP contribution in [0.3, 0.4) is 0 Å². The van der Waals surface area contributed by atoms with Gasteiger partial charge in [0.2, 0.25) is 0 Å². The van der Waals surface area contributed by atoms with Crippen LogP contribution < -0.4 is 20.5 Å². The Bertz CT molecular complexity index is 391. The Morgan fingerprint density at radius 3 is 2.65 bits per heavy atom. The minimum atomic E-state index is -0.207. The van der Waals surface area contributed by atoms with E-state index in [9.17, 15) is 4.79 Å². The third kappa shape index (κ3) is 3.64. The van der Waals surface area contributed by atoms with Crippen LogP contribution in [0.25, 0.3) is 0 Å². The van der Waals surface area contributed by atoms with Gasteiger partial charge in [0.25, 0.3) is 5.91 Å². The van der Waals surface area contributed by atoms with Gasteiger partial charge in [-0.05, 0) is 19.1 Å². The molecule has 5 heteroatoms. The Kier molecular flexibility index (Phi) is 4.78. The number of methoxy groups -OCH3 is 2. The molecule has 0 bridgehead atoms. The Morgan fingerprint density at radius 2 is 2.12 bits per heavy atom. The summed E-state index contributed by atoms with van der Waals surface area (Å²) >= 11 is 0. The highest BCUT2D eigenvalue weighted by molar-refractivity contribution is 5.97. The summed E-state index contributed by atoms with van der Waals surface area (Å²) in [7, 11) is 3.07. The molecule has 0 aromatic heterocycles. The minimum Gasteiger partial charge on any atom is -0.497 e. The fourth-order valence-corrected chi connectivity index (χ4v) is 1.34. The summed E-state index contributed by atoms with van der Waals surface area (Å²) < 4.78 is 10.2. The van der Waals surface area contributed by atoms with Crippen LogP contribution in [0.15, 0.2) is 18.2 Å². The van der Waals surface area contributed by atoms with Crippen molar-refractivity contribution in [3.63, 3.8) is 0 Å². The first kappa shape index (κ1) is 13.3. The van der Waals surface area contributed by atoms with E-state index in [4.69, 9.17) is 15.2 Å². The van der Waals surface area contributed by atoms with Crippen molar-refractivity contribution >= 4 is 5.91 Å². The highest BCUT2D eigenvalue weighted by atomic mass is 16.5. The molecule has 1 aromatic rings. The number of carbonyl (C=O) groups is 1. The maximum atomic E-state index is 11.8. The van der Waals surface area contributed by atoms with Crippen molar-refractivity contribution < 1.29 is 14.3 Å². The predicted molar refractivity (Wildman–Crippen MR) is 65.5 cm³/mol. The largest absolute Gasteiger partial charge is 0.497 e. The molecule has 0 spiro atoms. The van der Waals surface area contributed by atoms with Crippen LogP contribution in [-0.2, 0) is 0 Å². The molecule has 1 amide bonds. The summed E-state index contributed by atoms with van der Waals surface area (Å²) in [5, 5.41) is 2.73. The van der Waals surface area contributed by atoms with Gasteiger partial charge < -0.3 is 20.5 Å². The van der Waals surface area contributed by atoms with Crippen LogP contribution >= 0.6 is 0 Å². The van der Waals surface area contributed by atoms with Crippen LogP contribution in [0.4, 0.5) is 0 Å². The Balaban J connectivity index is 2.85. The zero-order chi connectivity index (χ0) is 12.8. The van der Waals surface area contributed by atoms with E-state index in [1.54, 1.807) is 25.3 Å². The standard InChI is InChI=1S/C12H18N2O3/c1-8(13)7-14-12(15)10-5-4-9(16-2)6-11(10)17-3/h4-6,8H,7,13H2,1-3H3,(H,14,15). The monoisotopic (exact) mass is 238 g/mol. The molecule has 5 nitrogen and oxygen atoms in total. The van der Waals surface area contributed by atoms with Gasteiger partial charge in [-0.15, -0.1) is 0 Å². The lowest BCUT2D eigenvalue weighted by atomic mass is 10.1. The molecule has 0 saturated heterocycles. The smallest absolute Gasteiger partial charge is 0.255 e. The second-order valence-corrected chi connectivity index (χ2v) is 3.75. The van der Waals surface area contributed by atoms with Crippen LogP contribution in [0, 0.1) is 0 Å². The number of carbonyl (C=O) groups excluding carboxylic acids is 1. The first-order valence-corrected chi connectivity index (χ1v) is 5.34. The van der Waals surface area contributed by atoms with Crippen molar-refractivity contribution in [3.05, 3.63) is 23.8 Å². The maximum absolute atomic E-state index is 11.8. The van der Waals surface area contributed by atoms with Crippen molar-refractivity contribution in [3.8, 4) is 11.5 Å². The van der Waals surface area contributed by atoms with Crippen molar-refractivity contribution in [2.45, 2.75) is 13.0 Å². The zero-order valence-corrected chi connectivity index (χ0v) is 10.3. The summed E-state index contributed by atoms with van der Waals surface area (Å²) in [6.07, 6.45) is 0. The number of nitrogens with two attached hydrogens (primary N) is 1. The molecular formula is C12H18N2O3. The fraction of sp³-hybridized carbons (Fsp3) is 0.417. The van der Waals surface area contributed by atoms with Crippen molar-refractivity contribution in [1.29, 1.82) is 0 Å². The number of hydrogen-bond acceptors (Lipinski definition) is 4. The van der Waals surface area contributed by atoms with E-state index in [0.717, 1.165) is 0 Å². The molecule has 1 atom stereocenters. The van der Waals surface area contributed by atoms with Gasteiger partial charge in [-0.25, -0.2) is 0 Å². The molecule has 1 unspecified atom stereocenters. The average Bonchev–Trinajstić information content (AvgIpc) is 2.34. The molecule has 17 heavy (non-hydrogen) atoms. The second kappa shape index (κ2) is 6.10. The van der Waals surface area contributed by atoms with Gasteiger partial charge in [0.1, 0.15) is 11.5 Å². The summed E-state index contributed by atoms with van der Waals surface area (Å²) in [5.41, 5.74) is 6.04. The quantitative estimate of drug-likeness (QED) is 0.795. The number of hydrogen-bond donors (Lipinski definition) is 2. The van der Waals surface area contributed by atoms with Crippen LogP contribution in [0.2, 0.25) is 0 Å². The van der Waals surface area contributed by atoms with Gasteiger partial charge in [-0.3, -0.25) is 4.79 Å². The molecule has 0 aliphatic rings. The minimum absolute atomic E-state index is 0.0804. The van der Waals surface area contributed by atoms with Gasteiger partial charge in [0.15, 0.2) is 0 Å². The van der Waals surface area contributed by atoms with Gasteiger partial charge in [-0.1, -0.05) is 0 Å². The number of nitrogens with one attached hydrogen (secondary N) is 1. The number of benzene rings is 1. The third-order valence-corrected chi connectivity index (χ3v) is 2.24. The van der Waals surface area contributed by atoms with E-state index in [1.807, 2.05) is 6.92 Å². The number of ether oxygens (including phenoxy) is 2. The Hall–Kier alpha value is -1.75. The predicted octanol–water partition coefficient (Wildman–Crippen LogP) is 0.781. The molecule has 0 fully saturated rings. The van der Waals surface area contributed by atoms with E-state index >= 15 is 0 Å². The molecular weight excluding hydrogens is 220 g/mol. The topological polar surface area (TPSA) is 73.6 Å². The van der Waals surface area contributed by atoms with E-state index in [0.29, 0.717) is 23.6 Å². The summed E-state index contributed by atoms with van der Waals surface area (Å²) in [6, 6.07) is 4.96. The van der Waals surface area contributed by atoms with Crippen molar-refractivity contribution in [2.24, 2.45) is 5.73 Å². The van der Waals surface area contributed by atoms with Gasteiger partial charge in [-0.2, -0.15) is 0 Å². The molecule has 3 N–H and O–H groups in total. The molecule has 0 aliphatic carbocycles. The molecule has 0 aliphatic heterocycles. The zero-order valence-electron chi connectivity index (χ0n) is 10.3. The van der Waals surface area contributed by atoms with Crippen LogP contribution in [0.1, 0.15) is 17.3 Å². The van der Waals surface area contributed by atoms with Gasteiger partial charge in [0.05, 0.1) is 19.8 Å². The summed E-state index contributed by atoms with van der Waals surface area (Å²) in [4.78, 5) is 11.8. The average molecular weight is 238 g/mol. The highest BCUT2D eigenvalue weighted by Gasteiger charge is 2.13. The molecule has 0 heterocycles. The third-order valence-electron chi connectivity index (χ3n) is 2.24. The molecule has 1 rings (SSSR count). The second-order valence-electron chi connectivity index (χ2n) is 3.75. The number of rotatable bonds is 5. The Morgan fingerprint density at radius 1 is 1.41 bits per heavy atom. The lowest BCUT2D eigenvalue weighted by Gasteiger charge is -2.11. The lowest BCUT2D eigenvalue weighted by Crippen LogP contribution is -2.35. The van der Waals surface area contributed by atoms with E-state index in [2.05, 4.69) is 5.32 Å². The first-order valence-electron chi connectivity index (χ1n) is 5.34. The molecule has 0 saturated carbocycles. The normalized spacial score (nSPS) is 11.8. The van der Waals surface area contributed by atoms with Gasteiger partial charge >= 0.3 is 0 Å².